The lowest BCUT2D eigenvalue weighted by atomic mass is 9.98. The first-order valence-corrected chi connectivity index (χ1v) is 6.72. The molecular formula is C11H15NO2S. The zero-order chi connectivity index (χ0) is 11.1. The highest BCUT2D eigenvalue weighted by Crippen LogP contribution is 2.23. The lowest BCUT2D eigenvalue weighted by Crippen LogP contribution is -2.30. The molecular weight excluding hydrogens is 210 g/mol. The molecule has 0 bridgehead atoms. The van der Waals surface area contributed by atoms with Gasteiger partial charge in [-0.3, -0.25) is 0 Å². The van der Waals surface area contributed by atoms with Gasteiger partial charge >= 0.3 is 0 Å². The van der Waals surface area contributed by atoms with Crippen molar-refractivity contribution >= 4 is 10.0 Å². The predicted molar refractivity (Wildman–Crippen MR) is 60.0 cm³/mol. The van der Waals surface area contributed by atoms with Crippen LogP contribution in [0.25, 0.3) is 0 Å². The molecule has 0 radical (unpaired) electrons. The van der Waals surface area contributed by atoms with Crippen molar-refractivity contribution in [3.63, 3.8) is 0 Å². The highest BCUT2D eigenvalue weighted by atomic mass is 32.2. The molecule has 4 heteroatoms. The summed E-state index contributed by atoms with van der Waals surface area (Å²) in [5.41, 5.74) is 3.24. The van der Waals surface area contributed by atoms with Crippen LogP contribution in [0.4, 0.5) is 0 Å². The Hall–Kier alpha value is -0.870. The molecule has 1 aliphatic heterocycles. The third kappa shape index (κ3) is 2.21. The largest absolute Gasteiger partial charge is 0.216 e. The number of rotatable bonds is 1. The van der Waals surface area contributed by atoms with E-state index >= 15 is 0 Å². The molecule has 3 nitrogen and oxygen atoms in total. The highest BCUT2D eigenvalue weighted by Gasteiger charge is 2.20. The van der Waals surface area contributed by atoms with E-state index in [0.717, 1.165) is 11.1 Å². The van der Waals surface area contributed by atoms with Crippen LogP contribution in [0.15, 0.2) is 18.2 Å². The molecule has 0 aromatic heterocycles. The van der Waals surface area contributed by atoms with E-state index in [-0.39, 0.29) is 5.75 Å². The van der Waals surface area contributed by atoms with Crippen LogP contribution in [0.2, 0.25) is 0 Å². The van der Waals surface area contributed by atoms with Gasteiger partial charge in [0.1, 0.15) is 0 Å². The van der Waals surface area contributed by atoms with Crippen LogP contribution >= 0.6 is 0 Å². The minimum absolute atomic E-state index is 0.114. The van der Waals surface area contributed by atoms with E-state index in [0.29, 0.717) is 12.5 Å². The molecule has 1 aliphatic rings. The smallest absolute Gasteiger partial charge is 0.212 e. The monoisotopic (exact) mass is 225 g/mol. The van der Waals surface area contributed by atoms with Gasteiger partial charge < -0.3 is 0 Å². The third-order valence-electron chi connectivity index (χ3n) is 2.73. The maximum atomic E-state index is 11.4. The molecule has 0 saturated heterocycles. The van der Waals surface area contributed by atoms with Crippen molar-refractivity contribution in [2.24, 2.45) is 0 Å². The van der Waals surface area contributed by atoms with Gasteiger partial charge in [-0.1, -0.05) is 32.0 Å². The molecule has 0 spiro atoms. The summed E-state index contributed by atoms with van der Waals surface area (Å²) in [6.45, 7) is 4.64. The predicted octanol–water partition coefficient (Wildman–Crippen LogP) is 1.74. The van der Waals surface area contributed by atoms with Gasteiger partial charge in [0.25, 0.3) is 0 Å². The van der Waals surface area contributed by atoms with E-state index in [4.69, 9.17) is 0 Å². The maximum absolute atomic E-state index is 11.4. The fourth-order valence-electron chi connectivity index (χ4n) is 1.76. The summed E-state index contributed by atoms with van der Waals surface area (Å²) < 4.78 is 25.3. The van der Waals surface area contributed by atoms with Gasteiger partial charge in [-0.2, -0.15) is 0 Å². The molecule has 15 heavy (non-hydrogen) atoms. The van der Waals surface area contributed by atoms with E-state index < -0.39 is 10.0 Å². The molecule has 1 N–H and O–H groups in total. The van der Waals surface area contributed by atoms with Crippen molar-refractivity contribution in [2.75, 3.05) is 0 Å². The average molecular weight is 225 g/mol. The molecule has 1 aromatic carbocycles. The minimum atomic E-state index is -3.09. The van der Waals surface area contributed by atoms with Gasteiger partial charge in [-0.15, -0.1) is 0 Å². The number of hydrogen-bond acceptors (Lipinski definition) is 2. The molecule has 0 fully saturated rings. The zero-order valence-electron chi connectivity index (χ0n) is 8.95. The van der Waals surface area contributed by atoms with Gasteiger partial charge in [0.2, 0.25) is 10.0 Å². The standard InChI is InChI=1S/C11H15NO2S/c1-8(2)9-3-4-10-6-12-15(13,14)7-11(10)5-9/h3-5,8,12H,6-7H2,1-2H3. The van der Waals surface area contributed by atoms with Crippen LogP contribution in [0.5, 0.6) is 0 Å². The van der Waals surface area contributed by atoms with Crippen LogP contribution in [0.3, 0.4) is 0 Å². The van der Waals surface area contributed by atoms with Gasteiger partial charge in [0, 0.05) is 6.54 Å². The van der Waals surface area contributed by atoms with Crippen LogP contribution in [0.1, 0.15) is 36.5 Å². The van der Waals surface area contributed by atoms with Gasteiger partial charge in [0.05, 0.1) is 5.75 Å². The molecule has 0 atom stereocenters. The molecule has 0 saturated carbocycles. The third-order valence-corrected chi connectivity index (χ3v) is 4.00. The zero-order valence-corrected chi connectivity index (χ0v) is 9.76. The SMILES string of the molecule is CC(C)c1ccc2c(c1)CS(=O)(=O)NC2. The van der Waals surface area contributed by atoms with Crippen molar-refractivity contribution in [1.82, 2.24) is 4.72 Å². The number of nitrogens with one attached hydrogen (secondary N) is 1. The molecule has 0 aliphatic carbocycles. The second-order valence-corrected chi connectivity index (χ2v) is 6.07. The minimum Gasteiger partial charge on any atom is -0.212 e. The summed E-state index contributed by atoms with van der Waals surface area (Å²) in [6, 6.07) is 6.11. The molecule has 82 valence electrons. The Morgan fingerprint density at radius 3 is 2.67 bits per heavy atom. The fourth-order valence-corrected chi connectivity index (χ4v) is 2.91. The number of sulfonamides is 1. The van der Waals surface area contributed by atoms with Gasteiger partial charge in [-0.25, -0.2) is 13.1 Å². The number of fused-ring (bicyclic) bond motifs is 1. The Morgan fingerprint density at radius 2 is 2.00 bits per heavy atom. The van der Waals surface area contributed by atoms with E-state index in [1.165, 1.54) is 5.56 Å². The van der Waals surface area contributed by atoms with Crippen molar-refractivity contribution in [3.05, 3.63) is 34.9 Å². The van der Waals surface area contributed by atoms with Gasteiger partial charge in [0.15, 0.2) is 0 Å². The van der Waals surface area contributed by atoms with Crippen LogP contribution in [-0.2, 0) is 22.3 Å². The summed E-state index contributed by atoms with van der Waals surface area (Å²) in [5.74, 6) is 0.552. The topological polar surface area (TPSA) is 46.2 Å². The van der Waals surface area contributed by atoms with E-state index in [1.807, 2.05) is 12.1 Å². The normalized spacial score (nSPS) is 18.9. The van der Waals surface area contributed by atoms with E-state index in [2.05, 4.69) is 24.6 Å². The Kier molecular flexibility index (Phi) is 2.56. The first-order chi connectivity index (χ1) is 6.98. The molecule has 0 amide bonds. The lowest BCUT2D eigenvalue weighted by Gasteiger charge is -2.19. The lowest BCUT2D eigenvalue weighted by molar-refractivity contribution is 0.575. The fraction of sp³-hybridized carbons (Fsp3) is 0.455. The summed E-state index contributed by atoms with van der Waals surface area (Å²) in [4.78, 5) is 0. The second-order valence-electron chi connectivity index (χ2n) is 4.26. The first kappa shape index (κ1) is 10.6. The quantitative estimate of drug-likeness (QED) is 0.791. The first-order valence-electron chi connectivity index (χ1n) is 5.07. The Labute approximate surface area is 90.6 Å². The van der Waals surface area contributed by atoms with Crippen LogP contribution in [0, 0.1) is 0 Å². The summed E-state index contributed by atoms with van der Waals surface area (Å²) in [6.07, 6.45) is 0. The van der Waals surface area contributed by atoms with Crippen LogP contribution < -0.4 is 4.72 Å². The van der Waals surface area contributed by atoms with Crippen molar-refractivity contribution in [2.45, 2.75) is 32.1 Å². The molecule has 2 rings (SSSR count). The number of benzene rings is 1. The van der Waals surface area contributed by atoms with Crippen molar-refractivity contribution < 1.29 is 8.42 Å². The average Bonchev–Trinajstić information content (AvgIpc) is 2.15. The van der Waals surface area contributed by atoms with Crippen molar-refractivity contribution in [3.8, 4) is 0 Å². The van der Waals surface area contributed by atoms with E-state index in [1.54, 1.807) is 0 Å². The Balaban J connectivity index is 2.44. The maximum Gasteiger partial charge on any atom is 0.216 e. The molecule has 1 aromatic rings. The van der Waals surface area contributed by atoms with Crippen molar-refractivity contribution in [1.29, 1.82) is 0 Å². The van der Waals surface area contributed by atoms with E-state index in [9.17, 15) is 8.42 Å². The second kappa shape index (κ2) is 3.61. The van der Waals surface area contributed by atoms with Gasteiger partial charge in [-0.05, 0) is 22.6 Å². The molecule has 0 unspecified atom stereocenters. The van der Waals surface area contributed by atoms with Crippen LogP contribution in [-0.4, -0.2) is 8.42 Å². The summed E-state index contributed by atoms with van der Waals surface area (Å²) in [5, 5.41) is 0. The Morgan fingerprint density at radius 1 is 1.27 bits per heavy atom. The summed E-state index contributed by atoms with van der Waals surface area (Å²) >= 11 is 0. The highest BCUT2D eigenvalue weighted by molar-refractivity contribution is 7.88. The number of hydrogen-bond donors (Lipinski definition) is 1. The Bertz CT molecular complexity index is 477. The molecule has 1 heterocycles. The summed E-state index contributed by atoms with van der Waals surface area (Å²) in [7, 11) is -3.09.